The van der Waals surface area contributed by atoms with E-state index in [-0.39, 0.29) is 11.7 Å². The van der Waals surface area contributed by atoms with E-state index < -0.39 is 0 Å². The van der Waals surface area contributed by atoms with E-state index in [9.17, 15) is 4.79 Å². The Hall–Kier alpha value is -3.83. The van der Waals surface area contributed by atoms with E-state index in [0.717, 1.165) is 16.7 Å². The van der Waals surface area contributed by atoms with Gasteiger partial charge in [0, 0.05) is 21.8 Å². The summed E-state index contributed by atoms with van der Waals surface area (Å²) >= 11 is 6.21. The van der Waals surface area contributed by atoms with Crippen molar-refractivity contribution >= 4 is 34.3 Å². The monoisotopic (exact) mass is 470 g/mol. The number of oxazole rings is 1. The van der Waals surface area contributed by atoms with Gasteiger partial charge in [0.2, 0.25) is 5.89 Å². The summed E-state index contributed by atoms with van der Waals surface area (Å²) in [4.78, 5) is 17.4. The number of nitrogens with one attached hydrogen (secondary N) is 1. The zero-order valence-electron chi connectivity index (χ0n) is 19.1. The summed E-state index contributed by atoms with van der Waals surface area (Å²) in [6, 6.07) is 22.6. The summed E-state index contributed by atoms with van der Waals surface area (Å²) in [6.07, 6.45) is 0. The molecule has 2 heterocycles. The Bertz CT molecular complexity index is 1500. The number of hydrogen-bond acceptors (Lipinski definition) is 4. The minimum atomic E-state index is -0.350. The Balaban J connectivity index is 1.34. The maximum Gasteiger partial charge on any atom is 0.291 e. The molecule has 3 aromatic carbocycles. The average Bonchev–Trinajstić information content (AvgIpc) is 3.48. The number of furan rings is 1. The van der Waals surface area contributed by atoms with E-state index in [1.165, 1.54) is 5.56 Å². The highest BCUT2D eigenvalue weighted by Crippen LogP contribution is 2.29. The lowest BCUT2D eigenvalue weighted by molar-refractivity contribution is 0.0997. The number of carbonyl (C=O) groups excluding carboxylic acids is 1. The van der Waals surface area contributed by atoms with Crippen molar-refractivity contribution in [2.24, 2.45) is 0 Å². The van der Waals surface area contributed by atoms with Crippen LogP contribution in [0.15, 0.2) is 81.6 Å². The fourth-order valence-corrected chi connectivity index (χ4v) is 3.87. The van der Waals surface area contributed by atoms with E-state index in [4.69, 9.17) is 20.4 Å². The minimum Gasteiger partial charge on any atom is -0.451 e. The summed E-state index contributed by atoms with van der Waals surface area (Å²) in [5, 5.41) is 3.51. The largest absolute Gasteiger partial charge is 0.451 e. The number of aryl methyl sites for hydroxylation is 1. The van der Waals surface area contributed by atoms with Crippen LogP contribution in [0, 0.1) is 6.92 Å². The highest BCUT2D eigenvalue weighted by molar-refractivity contribution is 6.31. The van der Waals surface area contributed by atoms with Gasteiger partial charge in [-0.2, -0.15) is 0 Å². The first-order chi connectivity index (χ1) is 16.4. The molecule has 0 fully saturated rings. The van der Waals surface area contributed by atoms with Gasteiger partial charge < -0.3 is 14.2 Å². The molecule has 170 valence electrons. The van der Waals surface area contributed by atoms with Crippen LogP contribution in [-0.2, 0) is 0 Å². The molecule has 5 nitrogen and oxygen atoms in total. The second-order valence-corrected chi connectivity index (χ2v) is 8.97. The number of nitrogens with zero attached hydrogens (tertiary/aromatic N) is 1. The summed E-state index contributed by atoms with van der Waals surface area (Å²) in [5.41, 5.74) is 5.87. The van der Waals surface area contributed by atoms with Crippen molar-refractivity contribution in [1.29, 1.82) is 0 Å². The van der Waals surface area contributed by atoms with Crippen molar-refractivity contribution in [2.45, 2.75) is 26.7 Å². The van der Waals surface area contributed by atoms with Crippen LogP contribution in [-0.4, -0.2) is 10.9 Å². The van der Waals surface area contributed by atoms with Crippen LogP contribution in [0.4, 0.5) is 5.69 Å². The second kappa shape index (κ2) is 8.84. The molecule has 0 bridgehead atoms. The first-order valence-corrected chi connectivity index (χ1v) is 11.4. The van der Waals surface area contributed by atoms with E-state index in [0.29, 0.717) is 39.4 Å². The van der Waals surface area contributed by atoms with Crippen molar-refractivity contribution in [3.05, 3.63) is 94.7 Å². The highest BCUT2D eigenvalue weighted by Gasteiger charge is 2.15. The van der Waals surface area contributed by atoms with Crippen molar-refractivity contribution in [3.8, 4) is 22.8 Å². The molecule has 1 N–H and O–H groups in total. The second-order valence-electron chi connectivity index (χ2n) is 8.56. The van der Waals surface area contributed by atoms with Gasteiger partial charge in [-0.05, 0) is 72.5 Å². The third kappa shape index (κ3) is 4.35. The SMILES string of the molecule is Cc1ccc(-c2ccc(C(=O)Nc3ccc4oc(-c5ccc(C(C)C)cc5)nc4c3)o2)cc1Cl. The van der Waals surface area contributed by atoms with Crippen LogP contribution in [0.2, 0.25) is 5.02 Å². The molecule has 34 heavy (non-hydrogen) atoms. The number of hydrogen-bond donors (Lipinski definition) is 1. The fraction of sp³-hybridized carbons (Fsp3) is 0.143. The summed E-state index contributed by atoms with van der Waals surface area (Å²) in [5.74, 6) is 1.44. The van der Waals surface area contributed by atoms with E-state index in [1.807, 2.05) is 37.3 Å². The molecule has 5 rings (SSSR count). The van der Waals surface area contributed by atoms with Gasteiger partial charge in [0.1, 0.15) is 11.3 Å². The van der Waals surface area contributed by atoms with Crippen LogP contribution >= 0.6 is 11.6 Å². The van der Waals surface area contributed by atoms with Gasteiger partial charge in [0.05, 0.1) is 0 Å². The molecule has 0 aliphatic carbocycles. The number of rotatable bonds is 5. The molecular weight excluding hydrogens is 448 g/mol. The molecular formula is C28H23ClN2O3. The topological polar surface area (TPSA) is 68.3 Å². The first-order valence-electron chi connectivity index (χ1n) is 11.1. The molecule has 6 heteroatoms. The van der Waals surface area contributed by atoms with Crippen molar-refractivity contribution in [1.82, 2.24) is 4.98 Å². The first kappa shape index (κ1) is 22.0. The van der Waals surface area contributed by atoms with Crippen LogP contribution in [0.25, 0.3) is 33.9 Å². The summed E-state index contributed by atoms with van der Waals surface area (Å²) in [7, 11) is 0. The lowest BCUT2D eigenvalue weighted by atomic mass is 10.0. The predicted molar refractivity (Wildman–Crippen MR) is 135 cm³/mol. The lowest BCUT2D eigenvalue weighted by Crippen LogP contribution is -2.10. The Kier molecular flexibility index (Phi) is 5.72. The van der Waals surface area contributed by atoms with Crippen LogP contribution in [0.3, 0.4) is 0 Å². The molecule has 0 radical (unpaired) electrons. The zero-order chi connectivity index (χ0) is 23.8. The number of carbonyl (C=O) groups is 1. The maximum atomic E-state index is 12.8. The molecule has 0 spiro atoms. The number of benzene rings is 3. The summed E-state index contributed by atoms with van der Waals surface area (Å²) < 4.78 is 11.7. The Morgan fingerprint density at radius 3 is 2.41 bits per heavy atom. The number of aromatic nitrogens is 1. The zero-order valence-corrected chi connectivity index (χ0v) is 19.8. The Morgan fingerprint density at radius 1 is 0.912 bits per heavy atom. The van der Waals surface area contributed by atoms with Crippen LogP contribution in [0.5, 0.6) is 0 Å². The van der Waals surface area contributed by atoms with Crippen molar-refractivity contribution < 1.29 is 13.6 Å². The van der Waals surface area contributed by atoms with E-state index in [1.54, 1.807) is 30.3 Å². The highest BCUT2D eigenvalue weighted by atomic mass is 35.5. The predicted octanol–water partition coefficient (Wildman–Crippen LogP) is 8.09. The number of anilines is 1. The standard InChI is InChI=1S/C28H23ClN2O3/c1-16(2)18-6-8-19(9-7-18)28-31-23-15-21(10-11-25(23)34-28)30-27(32)26-13-12-24(33-26)20-5-4-17(3)22(29)14-20/h4-16H,1-3H3,(H,30,32). The van der Waals surface area contributed by atoms with Crippen molar-refractivity contribution in [2.75, 3.05) is 5.32 Å². The van der Waals surface area contributed by atoms with Crippen LogP contribution < -0.4 is 5.32 Å². The fourth-order valence-electron chi connectivity index (χ4n) is 3.69. The summed E-state index contributed by atoms with van der Waals surface area (Å²) in [6.45, 7) is 6.25. The van der Waals surface area contributed by atoms with Gasteiger partial charge >= 0.3 is 0 Å². The molecule has 2 aromatic heterocycles. The number of halogens is 1. The number of amides is 1. The van der Waals surface area contributed by atoms with E-state index in [2.05, 4.69) is 36.3 Å². The van der Waals surface area contributed by atoms with Gasteiger partial charge in [0.15, 0.2) is 11.3 Å². The van der Waals surface area contributed by atoms with Crippen LogP contribution in [0.1, 0.15) is 41.4 Å². The average molecular weight is 471 g/mol. The third-order valence-corrected chi connectivity index (χ3v) is 6.16. The number of fused-ring (bicyclic) bond motifs is 1. The Labute approximate surface area is 202 Å². The smallest absolute Gasteiger partial charge is 0.291 e. The molecule has 0 atom stereocenters. The molecule has 5 aromatic rings. The lowest BCUT2D eigenvalue weighted by Gasteiger charge is -2.04. The third-order valence-electron chi connectivity index (χ3n) is 5.76. The van der Waals surface area contributed by atoms with Gasteiger partial charge in [-0.15, -0.1) is 0 Å². The molecule has 0 saturated heterocycles. The van der Waals surface area contributed by atoms with Gasteiger partial charge in [-0.1, -0.05) is 49.7 Å². The quantitative estimate of drug-likeness (QED) is 0.282. The molecule has 0 aliphatic heterocycles. The van der Waals surface area contributed by atoms with Gasteiger partial charge in [0.25, 0.3) is 5.91 Å². The normalized spacial score (nSPS) is 11.3. The Morgan fingerprint density at radius 2 is 1.68 bits per heavy atom. The van der Waals surface area contributed by atoms with Gasteiger partial charge in [-0.3, -0.25) is 4.79 Å². The van der Waals surface area contributed by atoms with Crippen molar-refractivity contribution in [3.63, 3.8) is 0 Å². The molecule has 0 aliphatic rings. The minimum absolute atomic E-state index is 0.206. The molecule has 0 unspecified atom stereocenters. The molecule has 0 saturated carbocycles. The van der Waals surface area contributed by atoms with Gasteiger partial charge in [-0.25, -0.2) is 4.98 Å². The van der Waals surface area contributed by atoms with E-state index >= 15 is 0 Å². The molecule has 1 amide bonds. The maximum absolute atomic E-state index is 12.8.